The fraction of sp³-hybridized carbons (Fsp3) is 0.333. The Kier molecular flexibility index (Phi) is 8.33. The van der Waals surface area contributed by atoms with E-state index in [0.29, 0.717) is 0 Å². The highest BCUT2D eigenvalue weighted by Crippen LogP contribution is 2.48. The van der Waals surface area contributed by atoms with E-state index in [4.69, 9.17) is 9.47 Å². The number of hydrogen-bond donors (Lipinski definition) is 1. The monoisotopic (exact) mass is 337 g/mol. The van der Waals surface area contributed by atoms with Crippen LogP contribution < -0.4 is 14.8 Å². The third-order valence-corrected chi connectivity index (χ3v) is 4.30. The Morgan fingerprint density at radius 3 is 2.65 bits per heavy atom. The molecule has 0 bridgehead atoms. The van der Waals surface area contributed by atoms with Crippen molar-refractivity contribution in [1.82, 2.24) is 0 Å². The van der Waals surface area contributed by atoms with E-state index in [1.54, 1.807) is 38.1 Å². The number of allylic oxidation sites excluding steroid dienone is 3. The van der Waals surface area contributed by atoms with Crippen molar-refractivity contribution in [2.24, 2.45) is 0 Å². The predicted octanol–water partition coefficient (Wildman–Crippen LogP) is 5.21. The summed E-state index contributed by atoms with van der Waals surface area (Å²) in [5.41, 5.74) is 1.90. The van der Waals surface area contributed by atoms with Crippen LogP contribution in [0.4, 0.5) is 10.1 Å². The Bertz CT molecular complexity index is 585. The van der Waals surface area contributed by atoms with Gasteiger partial charge in [-0.15, -0.1) is 0 Å². The van der Waals surface area contributed by atoms with Gasteiger partial charge in [0, 0.05) is 12.1 Å². The Morgan fingerprint density at radius 1 is 1.35 bits per heavy atom. The lowest BCUT2D eigenvalue weighted by molar-refractivity contribution is 0.388. The molecule has 2 rings (SSSR count). The molecule has 1 aliphatic heterocycles. The van der Waals surface area contributed by atoms with Gasteiger partial charge in [0.05, 0.1) is 24.8 Å². The van der Waals surface area contributed by atoms with Crippen LogP contribution in [0.1, 0.15) is 13.8 Å². The summed E-state index contributed by atoms with van der Waals surface area (Å²) in [5, 5.41) is 3.38. The minimum atomic E-state index is -0.490. The van der Waals surface area contributed by atoms with Gasteiger partial charge in [-0.05, 0) is 5.57 Å². The Balaban J connectivity index is 0.00000127. The van der Waals surface area contributed by atoms with Crippen molar-refractivity contribution < 1.29 is 13.9 Å². The van der Waals surface area contributed by atoms with E-state index in [1.807, 2.05) is 32.1 Å². The van der Waals surface area contributed by atoms with Gasteiger partial charge < -0.3 is 14.8 Å². The van der Waals surface area contributed by atoms with E-state index >= 15 is 0 Å². The van der Waals surface area contributed by atoms with E-state index in [2.05, 4.69) is 11.9 Å². The van der Waals surface area contributed by atoms with Crippen LogP contribution in [0.5, 0.6) is 11.5 Å². The molecule has 0 radical (unpaired) electrons. The van der Waals surface area contributed by atoms with Gasteiger partial charge in [0.15, 0.2) is 0 Å². The zero-order valence-electron chi connectivity index (χ0n) is 14.1. The molecule has 0 amide bonds. The minimum absolute atomic E-state index is 0.0122. The molecule has 0 fully saturated rings. The predicted molar refractivity (Wildman–Crippen MR) is 97.6 cm³/mol. The second-order valence-electron chi connectivity index (χ2n) is 4.31. The molecule has 1 aliphatic rings. The average Bonchev–Trinajstić information content (AvgIpc) is 3.03. The molecule has 1 unspecified atom stereocenters. The zero-order chi connectivity index (χ0) is 17.2. The number of hydrogen-bond acceptors (Lipinski definition) is 4. The lowest BCUT2D eigenvalue weighted by Crippen LogP contribution is -2.11. The average molecular weight is 337 g/mol. The summed E-state index contributed by atoms with van der Waals surface area (Å²) >= 11 is 1.62. The van der Waals surface area contributed by atoms with Crippen LogP contribution in [0.2, 0.25) is 0 Å². The third-order valence-electron chi connectivity index (χ3n) is 3.02. The summed E-state index contributed by atoms with van der Waals surface area (Å²) < 4.78 is 23.0. The molecule has 1 heterocycles. The fourth-order valence-electron chi connectivity index (χ4n) is 2.06. The number of rotatable bonds is 6. The number of benzene rings is 1. The van der Waals surface area contributed by atoms with Gasteiger partial charge >= 0.3 is 0 Å². The van der Waals surface area contributed by atoms with Gasteiger partial charge in [0.25, 0.3) is 0 Å². The van der Waals surface area contributed by atoms with Crippen molar-refractivity contribution in [3.05, 3.63) is 48.6 Å². The molecular formula is C18H24FNO2S. The summed E-state index contributed by atoms with van der Waals surface area (Å²) in [7, 11) is 3.25. The second-order valence-corrected chi connectivity index (χ2v) is 5.42. The number of methoxy groups -OCH3 is 2. The summed E-state index contributed by atoms with van der Waals surface area (Å²) in [6.07, 6.45) is 6.81. The van der Waals surface area contributed by atoms with Crippen molar-refractivity contribution in [2.45, 2.75) is 24.1 Å². The molecule has 0 aromatic heterocycles. The van der Waals surface area contributed by atoms with Crippen LogP contribution in [-0.4, -0.2) is 26.3 Å². The van der Waals surface area contributed by atoms with Crippen molar-refractivity contribution in [2.75, 3.05) is 26.2 Å². The van der Waals surface area contributed by atoms with Crippen LogP contribution >= 0.6 is 11.8 Å². The van der Waals surface area contributed by atoms with Gasteiger partial charge in [-0.3, -0.25) is 0 Å². The molecule has 1 aromatic rings. The van der Waals surface area contributed by atoms with Crippen molar-refractivity contribution in [3.63, 3.8) is 0 Å². The maximum absolute atomic E-state index is 12.4. The standard InChI is InChI=1S/C16H18FNO2S.C2H6/c1-4-6-11(7-5-8-17)16-18-13-9-12(19-2)10-14(20-3)15(13)21-16;1-2/h4-7,9-10,16,18H,1,8H2,2-3H3;1-2H3/b7-5-,11-6+;. The number of fused-ring (bicyclic) bond motifs is 1. The number of anilines is 1. The summed E-state index contributed by atoms with van der Waals surface area (Å²) in [5.74, 6) is 1.49. The maximum Gasteiger partial charge on any atom is 0.138 e. The highest BCUT2D eigenvalue weighted by Gasteiger charge is 2.27. The first-order valence-electron chi connectivity index (χ1n) is 7.47. The van der Waals surface area contributed by atoms with E-state index in [9.17, 15) is 4.39 Å². The largest absolute Gasteiger partial charge is 0.497 e. The first kappa shape index (κ1) is 19.2. The molecule has 23 heavy (non-hydrogen) atoms. The quantitative estimate of drug-likeness (QED) is 0.722. The highest BCUT2D eigenvalue weighted by atomic mass is 32.2. The van der Waals surface area contributed by atoms with Gasteiger partial charge in [0.2, 0.25) is 0 Å². The number of nitrogens with one attached hydrogen (secondary N) is 1. The SMILES string of the molecule is C=C/C=C(\C=C/CF)C1Nc2cc(OC)cc(OC)c2S1.CC. The molecule has 0 spiro atoms. The molecule has 1 aromatic carbocycles. The number of thioether (sulfide) groups is 1. The summed E-state index contributed by atoms with van der Waals surface area (Å²) in [6, 6.07) is 3.78. The van der Waals surface area contributed by atoms with E-state index in [-0.39, 0.29) is 5.37 Å². The maximum atomic E-state index is 12.4. The third kappa shape index (κ3) is 4.79. The van der Waals surface area contributed by atoms with Crippen LogP contribution in [0.3, 0.4) is 0 Å². The van der Waals surface area contributed by atoms with Crippen LogP contribution in [0.25, 0.3) is 0 Å². The lowest BCUT2D eigenvalue weighted by Gasteiger charge is -2.11. The van der Waals surface area contributed by atoms with E-state index in [1.165, 1.54) is 6.08 Å². The molecule has 3 nitrogen and oxygen atoms in total. The van der Waals surface area contributed by atoms with Crippen molar-refractivity contribution in [1.29, 1.82) is 0 Å². The molecule has 0 saturated heterocycles. The fourth-order valence-corrected chi connectivity index (χ4v) is 3.28. The summed E-state index contributed by atoms with van der Waals surface area (Å²) in [4.78, 5) is 1.02. The Morgan fingerprint density at radius 2 is 2.09 bits per heavy atom. The van der Waals surface area contributed by atoms with Gasteiger partial charge in [-0.2, -0.15) is 0 Å². The molecule has 1 atom stereocenters. The Hall–Kier alpha value is -1.88. The van der Waals surface area contributed by atoms with Gasteiger partial charge in [0.1, 0.15) is 23.5 Å². The van der Waals surface area contributed by atoms with Gasteiger partial charge in [-0.25, -0.2) is 4.39 Å². The van der Waals surface area contributed by atoms with Crippen LogP contribution in [0, 0.1) is 0 Å². The van der Waals surface area contributed by atoms with E-state index < -0.39 is 6.67 Å². The first-order valence-corrected chi connectivity index (χ1v) is 8.35. The van der Waals surface area contributed by atoms with Crippen LogP contribution in [-0.2, 0) is 0 Å². The second kappa shape index (κ2) is 10.0. The number of alkyl halides is 1. The Labute approximate surface area is 142 Å². The molecule has 126 valence electrons. The topological polar surface area (TPSA) is 30.5 Å². The summed E-state index contributed by atoms with van der Waals surface area (Å²) in [6.45, 7) is 7.21. The lowest BCUT2D eigenvalue weighted by atomic mass is 10.2. The molecule has 0 saturated carbocycles. The molecule has 5 heteroatoms. The van der Waals surface area contributed by atoms with Gasteiger partial charge in [-0.1, -0.05) is 56.5 Å². The van der Waals surface area contributed by atoms with E-state index in [0.717, 1.165) is 27.7 Å². The zero-order valence-corrected chi connectivity index (χ0v) is 14.9. The van der Waals surface area contributed by atoms with Crippen molar-refractivity contribution in [3.8, 4) is 11.5 Å². The molecular weight excluding hydrogens is 313 g/mol. The number of halogens is 1. The smallest absolute Gasteiger partial charge is 0.138 e. The van der Waals surface area contributed by atoms with Crippen LogP contribution in [0.15, 0.2) is 53.5 Å². The minimum Gasteiger partial charge on any atom is -0.497 e. The number of ether oxygens (including phenoxy) is 2. The normalized spacial score (nSPS) is 16.2. The molecule has 0 aliphatic carbocycles. The molecule has 1 N–H and O–H groups in total. The highest BCUT2D eigenvalue weighted by molar-refractivity contribution is 8.00. The first-order chi connectivity index (χ1) is 11.2. The van der Waals surface area contributed by atoms with Crippen molar-refractivity contribution >= 4 is 17.4 Å².